The van der Waals surface area contributed by atoms with Crippen LogP contribution in [0.15, 0.2) is 70.6 Å². The van der Waals surface area contributed by atoms with Gasteiger partial charge in [-0.2, -0.15) is 0 Å². The molecule has 0 saturated heterocycles. The van der Waals surface area contributed by atoms with Crippen LogP contribution in [0.4, 0.5) is 0 Å². The zero-order valence-electron chi connectivity index (χ0n) is 10.6. The summed E-state index contributed by atoms with van der Waals surface area (Å²) >= 11 is 1.63. The van der Waals surface area contributed by atoms with E-state index in [-0.39, 0.29) is 0 Å². The molecule has 4 aromatic rings. The quantitative estimate of drug-likeness (QED) is 0.502. The summed E-state index contributed by atoms with van der Waals surface area (Å²) < 4.78 is 5.86. The van der Waals surface area contributed by atoms with Gasteiger partial charge in [-0.25, -0.2) is 4.98 Å². The normalized spacial score (nSPS) is 11.0. The third-order valence-electron chi connectivity index (χ3n) is 3.27. The van der Waals surface area contributed by atoms with Crippen molar-refractivity contribution in [3.05, 3.63) is 66.2 Å². The molecule has 0 radical (unpaired) electrons. The molecule has 4 rings (SSSR count). The first-order valence-electron chi connectivity index (χ1n) is 6.39. The molecule has 3 heteroatoms. The van der Waals surface area contributed by atoms with Gasteiger partial charge < -0.3 is 4.42 Å². The van der Waals surface area contributed by atoms with Gasteiger partial charge in [-0.15, -0.1) is 11.3 Å². The minimum absolute atomic E-state index is 0.683. The van der Waals surface area contributed by atoms with E-state index in [1.165, 1.54) is 10.8 Å². The van der Waals surface area contributed by atoms with E-state index < -0.39 is 0 Å². The molecule has 20 heavy (non-hydrogen) atoms. The number of aromatic nitrogens is 1. The summed E-state index contributed by atoms with van der Waals surface area (Å²) in [7, 11) is 0. The van der Waals surface area contributed by atoms with Crippen LogP contribution >= 0.6 is 11.3 Å². The number of oxazole rings is 1. The van der Waals surface area contributed by atoms with E-state index in [2.05, 4.69) is 35.3 Å². The summed E-state index contributed by atoms with van der Waals surface area (Å²) in [5.74, 6) is 1.49. The van der Waals surface area contributed by atoms with Gasteiger partial charge >= 0.3 is 0 Å². The van der Waals surface area contributed by atoms with Crippen LogP contribution in [0.1, 0.15) is 0 Å². The van der Waals surface area contributed by atoms with Gasteiger partial charge in [0, 0.05) is 5.56 Å². The molecule has 96 valence electrons. The fraction of sp³-hybridized carbons (Fsp3) is 0. The van der Waals surface area contributed by atoms with Crippen LogP contribution in [0.2, 0.25) is 0 Å². The number of nitrogens with zero attached hydrogens (tertiary/aromatic N) is 1. The number of benzene rings is 2. The Morgan fingerprint density at radius 3 is 2.65 bits per heavy atom. The lowest BCUT2D eigenvalue weighted by molar-refractivity contribution is 0.590. The molecule has 0 spiro atoms. The Balaban J connectivity index is 1.79. The van der Waals surface area contributed by atoms with Crippen LogP contribution in [0, 0.1) is 0 Å². The maximum Gasteiger partial charge on any atom is 0.236 e. The summed E-state index contributed by atoms with van der Waals surface area (Å²) in [6.07, 6.45) is 1.79. The van der Waals surface area contributed by atoms with Gasteiger partial charge in [0.25, 0.3) is 0 Å². The summed E-state index contributed by atoms with van der Waals surface area (Å²) in [6, 6.07) is 18.6. The second-order valence-corrected chi connectivity index (χ2v) is 5.52. The van der Waals surface area contributed by atoms with Crippen molar-refractivity contribution in [3.63, 3.8) is 0 Å². The van der Waals surface area contributed by atoms with Crippen LogP contribution in [0.3, 0.4) is 0 Å². The molecule has 2 nitrogen and oxygen atoms in total. The number of hydrogen-bond donors (Lipinski definition) is 0. The first kappa shape index (κ1) is 11.4. The minimum Gasteiger partial charge on any atom is -0.435 e. The smallest absolute Gasteiger partial charge is 0.236 e. The van der Waals surface area contributed by atoms with Crippen molar-refractivity contribution in [1.82, 2.24) is 4.98 Å². The number of hydrogen-bond acceptors (Lipinski definition) is 3. The minimum atomic E-state index is 0.683. The van der Waals surface area contributed by atoms with Gasteiger partial charge in [-0.1, -0.05) is 42.5 Å². The van der Waals surface area contributed by atoms with Crippen LogP contribution in [0.5, 0.6) is 0 Å². The SMILES string of the molecule is c1csc(-c2ncc(-c3ccc4ccccc4c3)o2)c1. The molecule has 0 unspecified atom stereocenters. The summed E-state index contributed by atoms with van der Waals surface area (Å²) in [4.78, 5) is 5.41. The molecule has 2 aromatic heterocycles. The Bertz CT molecular complexity index is 861. The first-order valence-corrected chi connectivity index (χ1v) is 7.27. The lowest BCUT2D eigenvalue weighted by Crippen LogP contribution is -1.76. The van der Waals surface area contributed by atoms with E-state index in [4.69, 9.17) is 4.42 Å². The van der Waals surface area contributed by atoms with Gasteiger partial charge in [0.2, 0.25) is 5.89 Å². The topological polar surface area (TPSA) is 26.0 Å². The van der Waals surface area contributed by atoms with E-state index in [1.807, 2.05) is 29.6 Å². The molecule has 0 aliphatic carbocycles. The summed E-state index contributed by atoms with van der Waals surface area (Å²) in [5, 5.41) is 4.46. The van der Waals surface area contributed by atoms with Gasteiger partial charge in [-0.05, 0) is 28.3 Å². The maximum atomic E-state index is 5.86. The van der Waals surface area contributed by atoms with Crippen molar-refractivity contribution < 1.29 is 4.42 Å². The molecule has 0 saturated carbocycles. The highest BCUT2D eigenvalue weighted by molar-refractivity contribution is 7.13. The fourth-order valence-electron chi connectivity index (χ4n) is 2.26. The second kappa shape index (κ2) is 4.62. The summed E-state index contributed by atoms with van der Waals surface area (Å²) in [6.45, 7) is 0. The third kappa shape index (κ3) is 1.92. The molecular weight excluding hydrogens is 266 g/mol. The first-order chi connectivity index (χ1) is 9.90. The van der Waals surface area contributed by atoms with Crippen molar-refractivity contribution in [1.29, 1.82) is 0 Å². The largest absolute Gasteiger partial charge is 0.435 e. The average Bonchev–Trinajstić information content (AvgIpc) is 3.17. The predicted molar refractivity (Wildman–Crippen MR) is 82.8 cm³/mol. The van der Waals surface area contributed by atoms with Crippen molar-refractivity contribution in [2.45, 2.75) is 0 Å². The Morgan fingerprint density at radius 1 is 0.900 bits per heavy atom. The zero-order valence-corrected chi connectivity index (χ0v) is 11.4. The third-order valence-corrected chi connectivity index (χ3v) is 4.13. The molecule has 0 aliphatic heterocycles. The second-order valence-electron chi connectivity index (χ2n) is 4.57. The van der Waals surface area contributed by atoms with E-state index in [0.717, 1.165) is 16.2 Å². The molecule has 0 atom stereocenters. The molecule has 0 N–H and O–H groups in total. The number of rotatable bonds is 2. The molecular formula is C17H11NOS. The molecule has 0 amide bonds. The van der Waals surface area contributed by atoms with Crippen LogP contribution in [-0.4, -0.2) is 4.98 Å². The Morgan fingerprint density at radius 2 is 1.80 bits per heavy atom. The van der Waals surface area contributed by atoms with Crippen LogP contribution in [0.25, 0.3) is 32.9 Å². The highest BCUT2D eigenvalue weighted by atomic mass is 32.1. The predicted octanol–water partition coefficient (Wildman–Crippen LogP) is 5.22. The van der Waals surface area contributed by atoms with Crippen molar-refractivity contribution in [2.75, 3.05) is 0 Å². The van der Waals surface area contributed by atoms with Gasteiger partial charge in [0.05, 0.1) is 11.1 Å². The zero-order chi connectivity index (χ0) is 13.4. The van der Waals surface area contributed by atoms with Crippen molar-refractivity contribution in [2.24, 2.45) is 0 Å². The monoisotopic (exact) mass is 277 g/mol. The molecule has 2 aromatic carbocycles. The van der Waals surface area contributed by atoms with Gasteiger partial charge in [0.1, 0.15) is 0 Å². The van der Waals surface area contributed by atoms with Crippen molar-refractivity contribution in [3.8, 4) is 22.1 Å². The molecule has 0 bridgehead atoms. The Labute approximate surface area is 120 Å². The Kier molecular flexibility index (Phi) is 2.64. The highest BCUT2D eigenvalue weighted by Gasteiger charge is 2.09. The van der Waals surface area contributed by atoms with Crippen LogP contribution in [-0.2, 0) is 0 Å². The molecule has 0 fully saturated rings. The number of fused-ring (bicyclic) bond motifs is 1. The molecule has 0 aliphatic rings. The number of thiophene rings is 1. The van der Waals surface area contributed by atoms with Crippen LogP contribution < -0.4 is 0 Å². The standard InChI is InChI=1S/C17H11NOS/c1-2-5-13-10-14(8-7-12(13)4-1)15-11-18-17(19-15)16-6-3-9-20-16/h1-11H. The maximum absolute atomic E-state index is 5.86. The van der Waals surface area contributed by atoms with Gasteiger partial charge in [-0.3, -0.25) is 0 Å². The van der Waals surface area contributed by atoms with E-state index in [9.17, 15) is 0 Å². The molecule has 2 heterocycles. The van der Waals surface area contributed by atoms with Gasteiger partial charge in [0.15, 0.2) is 5.76 Å². The lowest BCUT2D eigenvalue weighted by Gasteiger charge is -2.00. The van der Waals surface area contributed by atoms with Crippen molar-refractivity contribution >= 4 is 22.1 Å². The summed E-state index contributed by atoms with van der Waals surface area (Å²) in [5.41, 5.74) is 1.05. The van der Waals surface area contributed by atoms with E-state index >= 15 is 0 Å². The van der Waals surface area contributed by atoms with E-state index in [0.29, 0.717) is 5.89 Å². The average molecular weight is 277 g/mol. The Hall–Kier alpha value is -2.39. The van der Waals surface area contributed by atoms with E-state index in [1.54, 1.807) is 17.5 Å². The highest BCUT2D eigenvalue weighted by Crippen LogP contribution is 2.30. The lowest BCUT2D eigenvalue weighted by atomic mass is 10.1. The fourth-order valence-corrected chi connectivity index (χ4v) is 2.92.